The quantitative estimate of drug-likeness (QED) is 0.0472. The molecular formula is C83H73Cl3FN3O14S. The summed E-state index contributed by atoms with van der Waals surface area (Å²) in [7, 11) is 2.18. The molecule has 2 aliphatic rings. The molecule has 0 radical (unpaired) electrons. The van der Waals surface area contributed by atoms with Gasteiger partial charge in [0.1, 0.15) is 23.1 Å². The Kier molecular flexibility index (Phi) is 26.6. The maximum Gasteiger partial charge on any atom is 0.312 e. The standard InChI is InChI=1S/C20H17FO3S.C19H16ClNO4.C15H13NO3.C15H16O2.C14H11Cl2NO2/c1-12-17(9-13-3-6-15(7-4-13)25(2)24)16-8-5-14(21)10-19(16)18(12)11-20(22)23;1-11-15(10-18(22)23)16-9-14(25-2)7-8-17(16)21(11)19(24)12-3-5-13(20)6-4-12;17-14(10-4-2-1-3-5-10)13-7-6-12-11(15(18)19)8-9-16(12)13;1-11(16)3-4-12-5-6-14-10-15(17-2)8-7-13(14)9-12;15-10-5-3-6-11(16)14(10)17-12-7-2-1-4-9(12)8-13(18)19/h3-10H,11H2,1-2H3,(H,22,23);3-9H,10H2,1-2H3,(H,22,23);1-7,11H,8-9H2,(H,18,19);5-10H,3-4H2,1-2H3;1-7,17H,8H2,(H,18,19)/b17-9-;;;;. The third-order valence-corrected chi connectivity index (χ3v) is 19.3. The number of carbonyl (C=O) groups excluding carboxylic acids is 3. The molecule has 9 aromatic carbocycles. The van der Waals surface area contributed by atoms with E-state index in [1.165, 1.54) is 27.6 Å². The molecular weight excluding hydrogens is 1420 g/mol. The number of para-hydroxylation sites is 2. The van der Waals surface area contributed by atoms with E-state index < -0.39 is 40.6 Å². The molecule has 22 heteroatoms. The summed E-state index contributed by atoms with van der Waals surface area (Å²) < 4.78 is 38.9. The van der Waals surface area contributed by atoms with Crippen LogP contribution in [0.15, 0.2) is 217 Å². The van der Waals surface area contributed by atoms with Crippen LogP contribution >= 0.6 is 34.8 Å². The van der Waals surface area contributed by atoms with Gasteiger partial charge in [-0.05, 0) is 210 Å². The maximum absolute atomic E-state index is 13.7. The first-order valence-corrected chi connectivity index (χ1v) is 35.6. The topological polar surface area (TPSA) is 258 Å². The lowest BCUT2D eigenvalue weighted by Crippen LogP contribution is -2.14. The molecule has 3 heterocycles. The lowest BCUT2D eigenvalue weighted by Gasteiger charge is -2.13. The zero-order valence-corrected chi connectivity index (χ0v) is 61.0. The second-order valence-corrected chi connectivity index (χ2v) is 27.1. The van der Waals surface area contributed by atoms with E-state index in [1.807, 2.05) is 72.2 Å². The molecule has 2 aromatic heterocycles. The smallest absolute Gasteiger partial charge is 0.312 e. The van der Waals surface area contributed by atoms with Gasteiger partial charge < -0.3 is 44.6 Å². The summed E-state index contributed by atoms with van der Waals surface area (Å²) in [6, 6.07) is 60.8. The van der Waals surface area contributed by atoms with E-state index in [1.54, 1.807) is 156 Å². The Morgan fingerprint density at radius 2 is 1.27 bits per heavy atom. The first kappa shape index (κ1) is 77.9. The second kappa shape index (κ2) is 35.8. The van der Waals surface area contributed by atoms with Gasteiger partial charge in [0.05, 0.1) is 66.3 Å². The SMILES string of the molecule is CC1=C(CC(=O)O)c2cc(F)ccc2/C1=C\c1ccc(S(C)=O)cc1.COc1ccc2c(c1)c(CC(=O)O)c(C)n2C(=O)c1ccc(Cl)cc1.COc1ccc2cc(CCC(C)=O)ccc2c1.O=C(O)Cc1ccccc1Nc1c(Cl)cccc1Cl.O=C(c1ccccc1)c1ccc2n1CCC2C(=O)O. The van der Waals surface area contributed by atoms with Crippen LogP contribution in [0.1, 0.15) is 110 Å². The first-order chi connectivity index (χ1) is 50.2. The van der Waals surface area contributed by atoms with Crippen LogP contribution in [0.4, 0.5) is 15.8 Å². The molecule has 0 amide bonds. The average Bonchev–Trinajstić information content (AvgIpc) is 1.57. The van der Waals surface area contributed by atoms with Crippen molar-refractivity contribution in [1.29, 1.82) is 0 Å². The highest BCUT2D eigenvalue weighted by atomic mass is 35.5. The number of aromatic nitrogens is 2. The predicted molar refractivity (Wildman–Crippen MR) is 410 cm³/mol. The lowest BCUT2D eigenvalue weighted by atomic mass is 10.0. The highest BCUT2D eigenvalue weighted by Crippen LogP contribution is 2.44. The molecule has 0 bridgehead atoms. The molecule has 13 rings (SSSR count). The van der Waals surface area contributed by atoms with Crippen LogP contribution in [0.3, 0.4) is 0 Å². The minimum Gasteiger partial charge on any atom is -0.497 e. The number of carboxylic acid groups (broad SMARTS) is 4. The van der Waals surface area contributed by atoms with Gasteiger partial charge in [-0.15, -0.1) is 0 Å². The number of carboxylic acids is 4. The van der Waals surface area contributed by atoms with Crippen LogP contribution in [0.25, 0.3) is 38.9 Å². The third-order valence-electron chi connectivity index (χ3n) is 17.5. The van der Waals surface area contributed by atoms with Crippen molar-refractivity contribution in [3.8, 4) is 11.5 Å². The minimum absolute atomic E-state index is 0.0575. The Hall–Kier alpha value is -11.2. The van der Waals surface area contributed by atoms with Crippen LogP contribution in [-0.2, 0) is 60.6 Å². The summed E-state index contributed by atoms with van der Waals surface area (Å²) in [6.07, 6.45) is 5.18. The number of halogens is 4. The Balaban J connectivity index is 0.000000153. The van der Waals surface area contributed by atoms with Crippen molar-refractivity contribution in [3.63, 3.8) is 0 Å². The highest BCUT2D eigenvalue weighted by molar-refractivity contribution is 7.84. The number of methoxy groups -OCH3 is 2. The molecule has 538 valence electrons. The number of carbonyl (C=O) groups is 7. The van der Waals surface area contributed by atoms with Gasteiger partial charge in [0.15, 0.2) is 0 Å². The molecule has 2 unspecified atom stereocenters. The summed E-state index contributed by atoms with van der Waals surface area (Å²) >= 11 is 18.0. The number of ketones is 2. The molecule has 0 spiro atoms. The fourth-order valence-corrected chi connectivity index (χ4v) is 13.4. The second-order valence-electron chi connectivity index (χ2n) is 24.5. The molecule has 5 N–H and O–H groups in total. The number of nitrogens with one attached hydrogen (secondary N) is 1. The van der Waals surface area contributed by atoms with Crippen LogP contribution in [-0.4, -0.2) is 95.6 Å². The van der Waals surface area contributed by atoms with E-state index in [4.69, 9.17) is 59.6 Å². The normalized spacial score (nSPS) is 13.1. The predicted octanol–water partition coefficient (Wildman–Crippen LogP) is 18.3. The monoisotopic (exact) mass is 1490 g/mol. The molecule has 0 saturated carbocycles. The molecule has 0 saturated heterocycles. The van der Waals surface area contributed by atoms with Crippen LogP contribution in [0.5, 0.6) is 11.5 Å². The number of hydrogen-bond acceptors (Lipinski definition) is 11. The van der Waals surface area contributed by atoms with Gasteiger partial charge in [-0.2, -0.15) is 0 Å². The number of hydrogen-bond donors (Lipinski definition) is 5. The number of rotatable bonds is 19. The zero-order valence-electron chi connectivity index (χ0n) is 57.9. The van der Waals surface area contributed by atoms with Crippen molar-refractivity contribution in [2.75, 3.05) is 25.8 Å². The number of aliphatic carboxylic acids is 4. The van der Waals surface area contributed by atoms with Gasteiger partial charge in [0.25, 0.3) is 5.91 Å². The number of aryl methyl sites for hydroxylation is 1. The Morgan fingerprint density at radius 3 is 1.90 bits per heavy atom. The van der Waals surface area contributed by atoms with E-state index >= 15 is 0 Å². The van der Waals surface area contributed by atoms with E-state index in [0.29, 0.717) is 107 Å². The molecule has 1 aliphatic heterocycles. The van der Waals surface area contributed by atoms with Crippen LogP contribution in [0.2, 0.25) is 15.1 Å². The summed E-state index contributed by atoms with van der Waals surface area (Å²) in [4.78, 5) is 81.4. The Morgan fingerprint density at radius 1 is 0.638 bits per heavy atom. The number of anilines is 2. The van der Waals surface area contributed by atoms with Crippen LogP contribution < -0.4 is 14.8 Å². The van der Waals surface area contributed by atoms with Crippen molar-refractivity contribution in [2.24, 2.45) is 0 Å². The number of benzene rings is 9. The molecule has 1 aliphatic carbocycles. The molecule has 105 heavy (non-hydrogen) atoms. The van der Waals surface area contributed by atoms with Crippen molar-refractivity contribution in [3.05, 3.63) is 294 Å². The average molecular weight is 1490 g/mol. The van der Waals surface area contributed by atoms with Crippen molar-refractivity contribution >= 4 is 137 Å². The Labute approximate surface area is 622 Å². The van der Waals surface area contributed by atoms with E-state index in [-0.39, 0.29) is 42.6 Å². The fourth-order valence-electron chi connectivity index (χ4n) is 12.2. The third kappa shape index (κ3) is 19.7. The van der Waals surface area contributed by atoms with Crippen molar-refractivity contribution in [1.82, 2.24) is 9.13 Å². The minimum atomic E-state index is -1.04. The van der Waals surface area contributed by atoms with Gasteiger partial charge in [-0.1, -0.05) is 132 Å². The number of ether oxygens (including phenoxy) is 2. The number of Topliss-reactive ketones (excluding diaryl/α,β-unsaturated/α-hetero) is 1. The first-order valence-electron chi connectivity index (χ1n) is 32.9. The zero-order chi connectivity index (χ0) is 75.8. The van der Waals surface area contributed by atoms with Gasteiger partial charge >= 0.3 is 23.9 Å². The highest BCUT2D eigenvalue weighted by Gasteiger charge is 2.32. The number of fused-ring (bicyclic) bond motifs is 4. The lowest BCUT2D eigenvalue weighted by molar-refractivity contribution is -0.139. The van der Waals surface area contributed by atoms with E-state index in [9.17, 15) is 47.3 Å². The number of allylic oxidation sites excluding steroid dienone is 2. The van der Waals surface area contributed by atoms with Crippen LogP contribution in [0, 0.1) is 12.7 Å². The molecule has 0 fully saturated rings. The van der Waals surface area contributed by atoms with Crippen molar-refractivity contribution < 1.29 is 72.1 Å². The molecule has 17 nitrogen and oxygen atoms in total. The largest absolute Gasteiger partial charge is 0.497 e. The van der Waals surface area contributed by atoms with Crippen molar-refractivity contribution in [2.45, 2.75) is 76.7 Å². The van der Waals surface area contributed by atoms with Gasteiger partial charge in [-0.25, -0.2) is 4.39 Å². The molecule has 2 atom stereocenters. The Bertz CT molecular complexity index is 5180. The van der Waals surface area contributed by atoms with Gasteiger partial charge in [-0.3, -0.25) is 37.5 Å². The fraction of sp³-hybridized carbons (Fsp3) is 0.169. The maximum atomic E-state index is 13.7. The summed E-state index contributed by atoms with van der Waals surface area (Å²) in [5.74, 6) is -3.06. The van der Waals surface area contributed by atoms with Gasteiger partial charge in [0.2, 0.25) is 5.78 Å². The summed E-state index contributed by atoms with van der Waals surface area (Å²) in [5.41, 5.74) is 12.1. The van der Waals surface area contributed by atoms with E-state index in [2.05, 4.69) is 23.5 Å². The summed E-state index contributed by atoms with van der Waals surface area (Å²) in [6.45, 7) is 5.83. The van der Waals surface area contributed by atoms with E-state index in [0.717, 1.165) is 50.4 Å². The van der Waals surface area contributed by atoms with Gasteiger partial charge in [0, 0.05) is 73.5 Å². The summed E-state index contributed by atoms with van der Waals surface area (Å²) in [5, 5.41) is 44.1. The number of nitrogens with zero attached hydrogens (tertiary/aromatic N) is 2. The molecule has 11 aromatic rings.